The quantitative estimate of drug-likeness (QED) is 0.843. The second-order valence-corrected chi connectivity index (χ2v) is 4.98. The molecule has 2 aromatic heterocycles. The summed E-state index contributed by atoms with van der Waals surface area (Å²) in [5.41, 5.74) is 1.84. The van der Waals surface area contributed by atoms with Crippen molar-refractivity contribution in [2.45, 2.75) is 19.8 Å². The van der Waals surface area contributed by atoms with Crippen molar-refractivity contribution in [1.29, 1.82) is 0 Å². The fraction of sp³-hybridized carbons (Fsp3) is 0.462. The minimum atomic E-state index is -0.000159. The van der Waals surface area contributed by atoms with Gasteiger partial charge in [0, 0.05) is 12.7 Å². The van der Waals surface area contributed by atoms with Gasteiger partial charge in [-0.3, -0.25) is 10.1 Å². The Morgan fingerprint density at radius 3 is 3.21 bits per heavy atom. The minimum Gasteiger partial charge on any atom is -0.316 e. The first kappa shape index (κ1) is 12.1. The molecular weight excluding hydrogens is 242 g/mol. The molecule has 0 aliphatic carbocycles. The lowest BCUT2D eigenvalue weighted by atomic mass is 9.99. The number of carbonyl (C=O) groups excluding carboxylic acids is 1. The van der Waals surface area contributed by atoms with Crippen LogP contribution in [0.15, 0.2) is 18.3 Å². The molecule has 6 heteroatoms. The zero-order valence-corrected chi connectivity index (χ0v) is 10.9. The van der Waals surface area contributed by atoms with Crippen molar-refractivity contribution in [3.8, 4) is 0 Å². The van der Waals surface area contributed by atoms with Gasteiger partial charge in [0.2, 0.25) is 11.9 Å². The molecule has 3 heterocycles. The highest BCUT2D eigenvalue weighted by Gasteiger charge is 2.21. The van der Waals surface area contributed by atoms with E-state index in [4.69, 9.17) is 0 Å². The van der Waals surface area contributed by atoms with Crippen LogP contribution in [-0.2, 0) is 4.79 Å². The summed E-state index contributed by atoms with van der Waals surface area (Å²) in [4.78, 5) is 16.4. The van der Waals surface area contributed by atoms with Crippen LogP contribution in [-0.4, -0.2) is 33.6 Å². The van der Waals surface area contributed by atoms with Crippen LogP contribution in [0, 0.1) is 12.8 Å². The number of aryl methyl sites for hydroxylation is 1. The summed E-state index contributed by atoms with van der Waals surface area (Å²) < 4.78 is 1.68. The molecule has 2 aromatic rings. The van der Waals surface area contributed by atoms with Gasteiger partial charge in [0.15, 0.2) is 5.65 Å². The molecule has 0 saturated carbocycles. The molecule has 2 N–H and O–H groups in total. The second-order valence-electron chi connectivity index (χ2n) is 4.98. The highest BCUT2D eigenvalue weighted by Crippen LogP contribution is 2.13. The smallest absolute Gasteiger partial charge is 0.249 e. The van der Waals surface area contributed by atoms with Gasteiger partial charge in [-0.15, -0.1) is 5.10 Å². The Kier molecular flexibility index (Phi) is 3.16. The van der Waals surface area contributed by atoms with Gasteiger partial charge in [-0.25, -0.2) is 4.52 Å². The van der Waals surface area contributed by atoms with E-state index in [0.29, 0.717) is 5.95 Å². The number of piperidine rings is 1. The molecule has 6 nitrogen and oxygen atoms in total. The lowest BCUT2D eigenvalue weighted by Crippen LogP contribution is -2.37. The summed E-state index contributed by atoms with van der Waals surface area (Å²) in [5, 5.41) is 10.3. The maximum atomic E-state index is 12.1. The SMILES string of the molecule is Cc1ccc2nc(NC(=O)C3CCCNC3)nn2c1. The molecule has 1 unspecified atom stereocenters. The zero-order valence-electron chi connectivity index (χ0n) is 10.9. The number of anilines is 1. The van der Waals surface area contributed by atoms with Gasteiger partial charge in [-0.2, -0.15) is 4.98 Å². The van der Waals surface area contributed by atoms with Crippen LogP contribution in [0.1, 0.15) is 18.4 Å². The predicted molar refractivity (Wildman–Crippen MR) is 71.9 cm³/mol. The molecule has 3 rings (SSSR count). The van der Waals surface area contributed by atoms with E-state index in [0.717, 1.165) is 37.1 Å². The number of carbonyl (C=O) groups is 1. The fourth-order valence-electron chi connectivity index (χ4n) is 2.33. The fourth-order valence-corrected chi connectivity index (χ4v) is 2.33. The number of fused-ring (bicyclic) bond motifs is 1. The highest BCUT2D eigenvalue weighted by molar-refractivity contribution is 5.91. The first-order chi connectivity index (χ1) is 9.22. The lowest BCUT2D eigenvalue weighted by Gasteiger charge is -2.20. The first-order valence-corrected chi connectivity index (χ1v) is 6.57. The molecule has 1 atom stereocenters. The van der Waals surface area contributed by atoms with Gasteiger partial charge in [0.25, 0.3) is 0 Å². The zero-order chi connectivity index (χ0) is 13.2. The third kappa shape index (κ3) is 2.58. The van der Waals surface area contributed by atoms with Crippen LogP contribution in [0.3, 0.4) is 0 Å². The number of nitrogens with zero attached hydrogens (tertiary/aromatic N) is 3. The van der Waals surface area contributed by atoms with Crippen molar-refractivity contribution in [3.63, 3.8) is 0 Å². The Hall–Kier alpha value is -1.95. The number of pyridine rings is 1. The van der Waals surface area contributed by atoms with Crippen molar-refractivity contribution in [2.24, 2.45) is 5.92 Å². The Balaban J connectivity index is 1.75. The standard InChI is InChI=1S/C13H17N5O/c1-9-4-5-11-15-13(17-18(11)8-9)16-12(19)10-3-2-6-14-7-10/h4-5,8,10,14H,2-3,6-7H2,1H3,(H,16,17,19). The molecule has 0 aromatic carbocycles. The number of nitrogens with one attached hydrogen (secondary N) is 2. The van der Waals surface area contributed by atoms with E-state index in [1.54, 1.807) is 4.52 Å². The Morgan fingerprint density at radius 2 is 2.42 bits per heavy atom. The van der Waals surface area contributed by atoms with Crippen LogP contribution < -0.4 is 10.6 Å². The van der Waals surface area contributed by atoms with Crippen LogP contribution >= 0.6 is 0 Å². The molecule has 19 heavy (non-hydrogen) atoms. The number of hydrogen-bond donors (Lipinski definition) is 2. The Morgan fingerprint density at radius 1 is 1.53 bits per heavy atom. The van der Waals surface area contributed by atoms with E-state index in [9.17, 15) is 4.79 Å². The van der Waals surface area contributed by atoms with E-state index in [1.165, 1.54) is 0 Å². The molecule has 1 fully saturated rings. The summed E-state index contributed by atoms with van der Waals surface area (Å²) in [6.07, 6.45) is 3.85. The highest BCUT2D eigenvalue weighted by atomic mass is 16.2. The van der Waals surface area contributed by atoms with Crippen LogP contribution in [0.4, 0.5) is 5.95 Å². The molecule has 0 spiro atoms. The largest absolute Gasteiger partial charge is 0.316 e. The monoisotopic (exact) mass is 259 g/mol. The van der Waals surface area contributed by atoms with Gasteiger partial charge >= 0.3 is 0 Å². The number of amides is 1. The third-order valence-corrected chi connectivity index (χ3v) is 3.38. The van der Waals surface area contributed by atoms with E-state index in [1.807, 2.05) is 25.3 Å². The molecular formula is C13H17N5O. The summed E-state index contributed by atoms with van der Waals surface area (Å²) in [6, 6.07) is 3.86. The maximum Gasteiger partial charge on any atom is 0.249 e. The normalized spacial score (nSPS) is 19.5. The summed E-state index contributed by atoms with van der Waals surface area (Å²) in [6.45, 7) is 3.72. The van der Waals surface area contributed by atoms with E-state index >= 15 is 0 Å². The van der Waals surface area contributed by atoms with Crippen molar-refractivity contribution in [3.05, 3.63) is 23.9 Å². The third-order valence-electron chi connectivity index (χ3n) is 3.38. The van der Waals surface area contributed by atoms with E-state index in [-0.39, 0.29) is 11.8 Å². The van der Waals surface area contributed by atoms with Crippen LogP contribution in [0.2, 0.25) is 0 Å². The summed E-state index contributed by atoms with van der Waals surface area (Å²) in [5.74, 6) is 0.392. The molecule has 0 bridgehead atoms. The summed E-state index contributed by atoms with van der Waals surface area (Å²) in [7, 11) is 0. The molecule has 1 aliphatic rings. The average molecular weight is 259 g/mol. The van der Waals surface area contributed by atoms with Crippen LogP contribution in [0.25, 0.3) is 5.65 Å². The van der Waals surface area contributed by atoms with Crippen molar-refractivity contribution in [2.75, 3.05) is 18.4 Å². The molecule has 1 aliphatic heterocycles. The maximum absolute atomic E-state index is 12.1. The molecule has 1 saturated heterocycles. The summed E-state index contributed by atoms with van der Waals surface area (Å²) >= 11 is 0. The second kappa shape index (κ2) is 4.97. The van der Waals surface area contributed by atoms with Gasteiger partial charge in [-0.1, -0.05) is 6.07 Å². The van der Waals surface area contributed by atoms with Gasteiger partial charge in [0.1, 0.15) is 0 Å². The number of rotatable bonds is 2. The first-order valence-electron chi connectivity index (χ1n) is 6.57. The predicted octanol–water partition coefficient (Wildman–Crippen LogP) is 0.976. The molecule has 0 radical (unpaired) electrons. The molecule has 100 valence electrons. The van der Waals surface area contributed by atoms with E-state index in [2.05, 4.69) is 20.7 Å². The topological polar surface area (TPSA) is 71.3 Å². The number of aromatic nitrogens is 3. The van der Waals surface area contributed by atoms with Crippen molar-refractivity contribution < 1.29 is 4.79 Å². The van der Waals surface area contributed by atoms with Crippen molar-refractivity contribution in [1.82, 2.24) is 19.9 Å². The Labute approximate surface area is 111 Å². The van der Waals surface area contributed by atoms with Crippen molar-refractivity contribution >= 4 is 17.5 Å². The van der Waals surface area contributed by atoms with Gasteiger partial charge < -0.3 is 5.32 Å². The van der Waals surface area contributed by atoms with Gasteiger partial charge in [-0.05, 0) is 37.9 Å². The number of hydrogen-bond acceptors (Lipinski definition) is 4. The average Bonchev–Trinajstić information content (AvgIpc) is 2.81. The lowest BCUT2D eigenvalue weighted by molar-refractivity contribution is -0.120. The molecule has 1 amide bonds. The minimum absolute atomic E-state index is 0.000159. The van der Waals surface area contributed by atoms with Crippen LogP contribution in [0.5, 0.6) is 0 Å². The van der Waals surface area contributed by atoms with Gasteiger partial charge in [0.05, 0.1) is 5.92 Å². The van der Waals surface area contributed by atoms with E-state index < -0.39 is 0 Å². The Bertz CT molecular complexity index is 600.